The highest BCUT2D eigenvalue weighted by Crippen LogP contribution is 2.26. The summed E-state index contributed by atoms with van der Waals surface area (Å²) in [4.78, 5) is 14.0. The lowest BCUT2D eigenvalue weighted by atomic mass is 10.1. The Balaban J connectivity index is 1.60. The first-order valence-electron chi connectivity index (χ1n) is 9.20. The summed E-state index contributed by atoms with van der Waals surface area (Å²) in [6, 6.07) is 12.9. The number of fused-ring (bicyclic) bond motifs is 1. The fraction of sp³-hybridized carbons (Fsp3) is 0.350. The molecule has 0 spiro atoms. The SMILES string of the molecule is Cc1cccc(N2CCN(S(=O)(=O)c3ccc4c(c3)oc(=O)n4C)C[C@H]2C)c1. The number of aryl methyl sites for hydroxylation is 2. The van der Waals surface area contributed by atoms with Crippen molar-refractivity contribution in [3.8, 4) is 0 Å². The number of benzene rings is 2. The van der Waals surface area contributed by atoms with Gasteiger partial charge in [0.25, 0.3) is 0 Å². The fourth-order valence-corrected chi connectivity index (χ4v) is 5.28. The average molecular weight is 401 g/mol. The normalized spacial score (nSPS) is 18.7. The molecule has 7 nitrogen and oxygen atoms in total. The largest absolute Gasteiger partial charge is 0.419 e. The first-order chi connectivity index (χ1) is 13.3. The maximum atomic E-state index is 13.1. The predicted octanol–water partition coefficient (Wildman–Crippen LogP) is 2.34. The maximum Gasteiger partial charge on any atom is 0.419 e. The first kappa shape index (κ1) is 18.8. The minimum absolute atomic E-state index is 0.0451. The van der Waals surface area contributed by atoms with Gasteiger partial charge in [0, 0.05) is 44.5 Å². The minimum atomic E-state index is -3.67. The van der Waals surface area contributed by atoms with Crippen LogP contribution >= 0.6 is 0 Å². The smallest absolute Gasteiger partial charge is 0.408 e. The summed E-state index contributed by atoms with van der Waals surface area (Å²) in [5.74, 6) is -0.509. The Morgan fingerprint density at radius 3 is 2.61 bits per heavy atom. The second-order valence-corrected chi connectivity index (χ2v) is 9.24. The molecule has 28 heavy (non-hydrogen) atoms. The molecule has 1 atom stereocenters. The molecule has 1 aliphatic heterocycles. The van der Waals surface area contributed by atoms with Crippen molar-refractivity contribution >= 4 is 26.8 Å². The molecule has 1 saturated heterocycles. The van der Waals surface area contributed by atoms with Crippen LogP contribution in [0.2, 0.25) is 0 Å². The van der Waals surface area contributed by atoms with Gasteiger partial charge in [-0.05, 0) is 43.7 Å². The zero-order valence-electron chi connectivity index (χ0n) is 16.1. The molecular formula is C20H23N3O4S. The zero-order valence-corrected chi connectivity index (χ0v) is 16.9. The van der Waals surface area contributed by atoms with Gasteiger partial charge < -0.3 is 9.32 Å². The standard InChI is InChI=1S/C20H23N3O4S/c1-14-5-4-6-16(11-14)23-10-9-22(13-15(23)2)28(25,26)17-7-8-18-19(12-17)27-20(24)21(18)3/h4-8,11-12,15H,9-10,13H2,1-3H3/t15-/m1/s1. The number of rotatable bonds is 3. The number of hydrogen-bond donors (Lipinski definition) is 0. The van der Waals surface area contributed by atoms with Gasteiger partial charge in [-0.15, -0.1) is 0 Å². The van der Waals surface area contributed by atoms with Gasteiger partial charge in [0.2, 0.25) is 10.0 Å². The summed E-state index contributed by atoms with van der Waals surface area (Å²) in [5.41, 5.74) is 3.14. The van der Waals surface area contributed by atoms with Crippen LogP contribution < -0.4 is 10.7 Å². The van der Waals surface area contributed by atoms with Gasteiger partial charge in [-0.1, -0.05) is 12.1 Å². The number of sulfonamides is 1. The Kier molecular flexibility index (Phi) is 4.55. The third kappa shape index (κ3) is 3.12. The van der Waals surface area contributed by atoms with Crippen molar-refractivity contribution in [2.24, 2.45) is 7.05 Å². The third-order valence-corrected chi connectivity index (χ3v) is 7.19. The van der Waals surface area contributed by atoms with E-state index in [9.17, 15) is 13.2 Å². The van der Waals surface area contributed by atoms with Crippen molar-refractivity contribution in [3.63, 3.8) is 0 Å². The molecule has 1 fully saturated rings. The van der Waals surface area contributed by atoms with Crippen LogP contribution in [0.5, 0.6) is 0 Å². The summed E-state index contributed by atoms with van der Waals surface area (Å²) in [7, 11) is -2.08. The van der Waals surface area contributed by atoms with Gasteiger partial charge in [0.1, 0.15) is 0 Å². The molecule has 8 heteroatoms. The Hall–Kier alpha value is -2.58. The molecule has 0 amide bonds. The number of anilines is 1. The van der Waals surface area contributed by atoms with Crippen LogP contribution in [0.3, 0.4) is 0 Å². The molecule has 2 heterocycles. The molecule has 2 aromatic carbocycles. The molecule has 0 aliphatic carbocycles. The van der Waals surface area contributed by atoms with E-state index in [0.717, 1.165) is 5.69 Å². The lowest BCUT2D eigenvalue weighted by Crippen LogP contribution is -2.53. The third-order valence-electron chi connectivity index (χ3n) is 5.33. The predicted molar refractivity (Wildman–Crippen MR) is 108 cm³/mol. The molecule has 3 aromatic rings. The van der Waals surface area contributed by atoms with Crippen LogP contribution in [-0.4, -0.2) is 43.0 Å². The Labute approximate surface area is 163 Å². The average Bonchev–Trinajstić information content (AvgIpc) is 2.95. The van der Waals surface area contributed by atoms with Gasteiger partial charge in [-0.2, -0.15) is 4.31 Å². The molecule has 0 unspecified atom stereocenters. The van der Waals surface area contributed by atoms with E-state index in [4.69, 9.17) is 4.42 Å². The van der Waals surface area contributed by atoms with E-state index in [0.29, 0.717) is 25.2 Å². The van der Waals surface area contributed by atoms with E-state index < -0.39 is 15.8 Å². The van der Waals surface area contributed by atoms with Crippen molar-refractivity contribution in [2.75, 3.05) is 24.5 Å². The Bertz CT molecular complexity index is 1200. The second kappa shape index (κ2) is 6.79. The highest BCUT2D eigenvalue weighted by Gasteiger charge is 2.32. The monoisotopic (exact) mass is 401 g/mol. The molecular weight excluding hydrogens is 378 g/mol. The fourth-order valence-electron chi connectivity index (χ4n) is 3.76. The highest BCUT2D eigenvalue weighted by molar-refractivity contribution is 7.89. The van der Waals surface area contributed by atoms with E-state index >= 15 is 0 Å². The van der Waals surface area contributed by atoms with Gasteiger partial charge in [0.15, 0.2) is 5.58 Å². The van der Waals surface area contributed by atoms with Crippen LogP contribution in [0.1, 0.15) is 12.5 Å². The summed E-state index contributed by atoms with van der Waals surface area (Å²) < 4.78 is 34.3. The first-order valence-corrected chi connectivity index (χ1v) is 10.6. The van der Waals surface area contributed by atoms with Gasteiger partial charge in [-0.25, -0.2) is 13.2 Å². The molecule has 0 bridgehead atoms. The summed E-state index contributed by atoms with van der Waals surface area (Å²) in [6.07, 6.45) is 0. The van der Waals surface area contributed by atoms with E-state index in [1.165, 1.54) is 26.6 Å². The van der Waals surface area contributed by atoms with Gasteiger partial charge >= 0.3 is 5.76 Å². The van der Waals surface area contributed by atoms with Crippen LogP contribution in [0.4, 0.5) is 5.69 Å². The van der Waals surface area contributed by atoms with Crippen molar-refractivity contribution in [3.05, 3.63) is 58.6 Å². The topological polar surface area (TPSA) is 75.8 Å². The number of piperazine rings is 1. The minimum Gasteiger partial charge on any atom is -0.408 e. The van der Waals surface area contributed by atoms with E-state index in [2.05, 4.69) is 17.0 Å². The summed E-state index contributed by atoms with van der Waals surface area (Å²) in [6.45, 7) is 5.49. The second-order valence-electron chi connectivity index (χ2n) is 7.30. The van der Waals surface area contributed by atoms with Crippen molar-refractivity contribution in [1.82, 2.24) is 8.87 Å². The van der Waals surface area contributed by atoms with Gasteiger partial charge in [0.05, 0.1) is 10.4 Å². The van der Waals surface area contributed by atoms with Crippen molar-refractivity contribution < 1.29 is 12.8 Å². The van der Waals surface area contributed by atoms with Crippen LogP contribution in [-0.2, 0) is 17.1 Å². The molecule has 4 rings (SSSR count). The van der Waals surface area contributed by atoms with Crippen LogP contribution in [0.15, 0.2) is 56.6 Å². The van der Waals surface area contributed by atoms with Gasteiger partial charge in [-0.3, -0.25) is 4.57 Å². The number of nitrogens with zero attached hydrogens (tertiary/aromatic N) is 3. The Morgan fingerprint density at radius 1 is 1.11 bits per heavy atom. The highest BCUT2D eigenvalue weighted by atomic mass is 32.2. The van der Waals surface area contributed by atoms with E-state index in [1.54, 1.807) is 13.1 Å². The van der Waals surface area contributed by atoms with Crippen LogP contribution in [0.25, 0.3) is 11.1 Å². The molecule has 1 aromatic heterocycles. The molecule has 0 saturated carbocycles. The van der Waals surface area contributed by atoms with Crippen molar-refractivity contribution in [1.29, 1.82) is 0 Å². The van der Waals surface area contributed by atoms with E-state index in [1.807, 2.05) is 26.0 Å². The lowest BCUT2D eigenvalue weighted by molar-refractivity contribution is 0.342. The Morgan fingerprint density at radius 2 is 1.89 bits per heavy atom. The van der Waals surface area contributed by atoms with Crippen LogP contribution in [0, 0.1) is 6.92 Å². The molecule has 1 aliphatic rings. The molecule has 148 valence electrons. The lowest BCUT2D eigenvalue weighted by Gasteiger charge is -2.40. The summed E-state index contributed by atoms with van der Waals surface area (Å²) >= 11 is 0. The number of aromatic nitrogens is 1. The zero-order chi connectivity index (χ0) is 20.1. The molecule has 0 N–H and O–H groups in total. The number of oxazole rings is 1. The maximum absolute atomic E-state index is 13.1. The number of hydrogen-bond acceptors (Lipinski definition) is 5. The van der Waals surface area contributed by atoms with E-state index in [-0.39, 0.29) is 16.5 Å². The summed E-state index contributed by atoms with van der Waals surface area (Å²) in [5, 5.41) is 0. The quantitative estimate of drug-likeness (QED) is 0.673. The molecule has 0 radical (unpaired) electrons. The van der Waals surface area contributed by atoms with Crippen molar-refractivity contribution in [2.45, 2.75) is 24.8 Å².